The second kappa shape index (κ2) is 9.02. The van der Waals surface area contributed by atoms with Gasteiger partial charge in [0, 0.05) is 18.7 Å². The highest BCUT2D eigenvalue weighted by Gasteiger charge is 2.35. The topological polar surface area (TPSA) is 93.9 Å². The summed E-state index contributed by atoms with van der Waals surface area (Å²) in [4.78, 5) is 27.7. The van der Waals surface area contributed by atoms with Crippen LogP contribution in [0, 0.1) is 6.92 Å². The predicted molar refractivity (Wildman–Crippen MR) is 127 cm³/mol. The van der Waals surface area contributed by atoms with Crippen LogP contribution in [0.1, 0.15) is 26.0 Å². The zero-order chi connectivity index (χ0) is 23.8. The normalized spacial score (nSPS) is 18.2. The SMILES string of the molecule is CCN(C(=O)[C@@H](C)Oc1ccc2c(=O)c(-c3ccccc3)c(C)oc2c1)[C@@H]1CCS(=O)(=O)C1. The van der Waals surface area contributed by atoms with Crippen LogP contribution in [0.5, 0.6) is 5.75 Å². The van der Waals surface area contributed by atoms with Gasteiger partial charge in [-0.05, 0) is 44.9 Å². The molecule has 1 saturated heterocycles. The first-order valence-corrected chi connectivity index (χ1v) is 12.8. The fourth-order valence-corrected chi connectivity index (χ4v) is 6.13. The van der Waals surface area contributed by atoms with E-state index in [1.807, 2.05) is 37.3 Å². The molecule has 1 aromatic heterocycles. The maximum atomic E-state index is 13.1. The zero-order valence-corrected chi connectivity index (χ0v) is 19.7. The molecule has 0 radical (unpaired) electrons. The van der Waals surface area contributed by atoms with E-state index in [1.165, 1.54) is 0 Å². The fraction of sp³-hybridized carbons (Fsp3) is 0.360. The van der Waals surface area contributed by atoms with E-state index in [9.17, 15) is 18.0 Å². The molecule has 8 heteroatoms. The smallest absolute Gasteiger partial charge is 0.263 e. The van der Waals surface area contributed by atoms with Gasteiger partial charge in [-0.1, -0.05) is 30.3 Å². The Balaban J connectivity index is 1.58. The van der Waals surface area contributed by atoms with E-state index in [0.717, 1.165) is 5.56 Å². The van der Waals surface area contributed by atoms with Crippen LogP contribution >= 0.6 is 0 Å². The number of benzene rings is 2. The maximum absolute atomic E-state index is 13.1. The number of carbonyl (C=O) groups excluding carboxylic acids is 1. The Bertz CT molecular complexity index is 1350. The third-order valence-electron chi connectivity index (χ3n) is 6.04. The summed E-state index contributed by atoms with van der Waals surface area (Å²) in [6.45, 7) is 5.62. The van der Waals surface area contributed by atoms with Crippen molar-refractivity contribution in [2.45, 2.75) is 39.3 Å². The number of hydrogen-bond donors (Lipinski definition) is 0. The molecule has 2 aromatic carbocycles. The van der Waals surface area contributed by atoms with Crippen molar-refractivity contribution < 1.29 is 22.4 Å². The quantitative estimate of drug-likeness (QED) is 0.548. The summed E-state index contributed by atoms with van der Waals surface area (Å²) >= 11 is 0. The molecule has 0 spiro atoms. The Labute approximate surface area is 192 Å². The highest BCUT2D eigenvalue weighted by Crippen LogP contribution is 2.27. The number of hydrogen-bond acceptors (Lipinski definition) is 6. The number of sulfone groups is 1. The Kier molecular flexibility index (Phi) is 6.30. The van der Waals surface area contributed by atoms with Crippen molar-refractivity contribution >= 4 is 26.7 Å². The molecule has 1 aliphatic heterocycles. The van der Waals surface area contributed by atoms with Gasteiger partial charge in [0.2, 0.25) is 5.43 Å². The monoisotopic (exact) mass is 469 g/mol. The molecular formula is C25H27NO6S. The zero-order valence-electron chi connectivity index (χ0n) is 18.9. The van der Waals surface area contributed by atoms with Crippen molar-refractivity contribution in [2.24, 2.45) is 0 Å². The lowest BCUT2D eigenvalue weighted by atomic mass is 10.0. The van der Waals surface area contributed by atoms with Crippen LogP contribution in [0.4, 0.5) is 0 Å². The van der Waals surface area contributed by atoms with Crippen molar-refractivity contribution in [3.8, 4) is 16.9 Å². The van der Waals surface area contributed by atoms with Gasteiger partial charge in [0.1, 0.15) is 17.1 Å². The number of likely N-dealkylation sites (N-methyl/N-ethyl adjacent to an activating group) is 1. The van der Waals surface area contributed by atoms with Crippen LogP contribution in [-0.2, 0) is 14.6 Å². The number of carbonyl (C=O) groups is 1. The van der Waals surface area contributed by atoms with Gasteiger partial charge in [-0.3, -0.25) is 9.59 Å². The Morgan fingerprint density at radius 3 is 2.58 bits per heavy atom. The molecule has 1 aliphatic rings. The third-order valence-corrected chi connectivity index (χ3v) is 7.79. The van der Waals surface area contributed by atoms with Crippen molar-refractivity contribution in [1.29, 1.82) is 0 Å². The van der Waals surface area contributed by atoms with Gasteiger partial charge in [0.05, 0.1) is 22.5 Å². The standard InChI is InChI=1S/C25H27NO6S/c1-4-26(19-12-13-33(29,30)15-19)25(28)17(3)31-20-10-11-21-22(14-20)32-16(2)23(24(21)27)18-8-6-5-7-9-18/h5-11,14,17,19H,4,12-13,15H2,1-3H3/t17-,19-/m1/s1. The first kappa shape index (κ1) is 23.0. The molecule has 7 nitrogen and oxygen atoms in total. The summed E-state index contributed by atoms with van der Waals surface area (Å²) in [6.07, 6.45) is -0.374. The minimum Gasteiger partial charge on any atom is -0.481 e. The van der Waals surface area contributed by atoms with Crippen LogP contribution in [0.2, 0.25) is 0 Å². The summed E-state index contributed by atoms with van der Waals surface area (Å²) < 4.78 is 35.5. The van der Waals surface area contributed by atoms with E-state index in [-0.39, 0.29) is 28.9 Å². The van der Waals surface area contributed by atoms with E-state index in [4.69, 9.17) is 9.15 Å². The Morgan fingerprint density at radius 2 is 1.94 bits per heavy atom. The van der Waals surface area contributed by atoms with E-state index in [1.54, 1.807) is 36.9 Å². The van der Waals surface area contributed by atoms with Gasteiger partial charge >= 0.3 is 0 Å². The van der Waals surface area contributed by atoms with Crippen molar-refractivity contribution in [3.05, 3.63) is 64.5 Å². The maximum Gasteiger partial charge on any atom is 0.263 e. The molecule has 174 valence electrons. The van der Waals surface area contributed by atoms with Gasteiger partial charge in [0.25, 0.3) is 5.91 Å². The van der Waals surface area contributed by atoms with Crippen LogP contribution in [-0.4, -0.2) is 49.4 Å². The molecule has 0 unspecified atom stereocenters. The molecule has 1 amide bonds. The second-order valence-corrected chi connectivity index (χ2v) is 10.6. The molecule has 3 aromatic rings. The fourth-order valence-electron chi connectivity index (χ4n) is 4.40. The van der Waals surface area contributed by atoms with Gasteiger partial charge in [-0.25, -0.2) is 8.42 Å². The lowest BCUT2D eigenvalue weighted by Gasteiger charge is -2.29. The number of aryl methyl sites for hydroxylation is 1. The summed E-state index contributed by atoms with van der Waals surface area (Å²) in [5, 5.41) is 0.428. The number of amides is 1. The van der Waals surface area contributed by atoms with Gasteiger partial charge in [-0.15, -0.1) is 0 Å². The third kappa shape index (κ3) is 4.66. The Morgan fingerprint density at radius 1 is 1.21 bits per heavy atom. The average Bonchev–Trinajstić information content (AvgIpc) is 3.14. The number of ether oxygens (including phenoxy) is 1. The largest absolute Gasteiger partial charge is 0.481 e. The van der Waals surface area contributed by atoms with Crippen molar-refractivity contribution in [3.63, 3.8) is 0 Å². The van der Waals surface area contributed by atoms with Gasteiger partial charge in [0.15, 0.2) is 15.9 Å². The first-order chi connectivity index (χ1) is 15.7. The molecule has 33 heavy (non-hydrogen) atoms. The van der Waals surface area contributed by atoms with Crippen LogP contribution in [0.25, 0.3) is 22.1 Å². The van der Waals surface area contributed by atoms with E-state index in [0.29, 0.717) is 41.0 Å². The second-order valence-electron chi connectivity index (χ2n) is 8.33. The summed E-state index contributed by atoms with van der Waals surface area (Å²) in [5.74, 6) is 0.721. The van der Waals surface area contributed by atoms with Crippen molar-refractivity contribution in [2.75, 3.05) is 18.1 Å². The highest BCUT2D eigenvalue weighted by atomic mass is 32.2. The number of nitrogens with zero attached hydrogens (tertiary/aromatic N) is 1. The first-order valence-electron chi connectivity index (χ1n) is 11.0. The number of fused-ring (bicyclic) bond motifs is 1. The van der Waals surface area contributed by atoms with Gasteiger partial charge < -0.3 is 14.1 Å². The molecule has 0 N–H and O–H groups in total. The molecule has 1 fully saturated rings. The van der Waals surface area contributed by atoms with Crippen LogP contribution in [0.15, 0.2) is 57.7 Å². The lowest BCUT2D eigenvalue weighted by Crippen LogP contribution is -2.46. The van der Waals surface area contributed by atoms with E-state index >= 15 is 0 Å². The average molecular weight is 470 g/mol. The summed E-state index contributed by atoms with van der Waals surface area (Å²) in [7, 11) is -3.10. The summed E-state index contributed by atoms with van der Waals surface area (Å²) in [5.41, 5.74) is 1.56. The van der Waals surface area contributed by atoms with Crippen molar-refractivity contribution in [1.82, 2.24) is 4.90 Å². The lowest BCUT2D eigenvalue weighted by molar-refractivity contribution is -0.139. The Hall–Kier alpha value is -3.13. The molecule has 2 atom stereocenters. The molecule has 0 aliphatic carbocycles. The molecular weight excluding hydrogens is 442 g/mol. The minimum absolute atomic E-state index is 0.0105. The van der Waals surface area contributed by atoms with E-state index in [2.05, 4.69) is 0 Å². The summed E-state index contributed by atoms with van der Waals surface area (Å²) in [6, 6.07) is 13.9. The molecule has 0 saturated carbocycles. The number of rotatable bonds is 6. The highest BCUT2D eigenvalue weighted by molar-refractivity contribution is 7.91. The van der Waals surface area contributed by atoms with Crippen LogP contribution < -0.4 is 10.2 Å². The van der Waals surface area contributed by atoms with Crippen LogP contribution in [0.3, 0.4) is 0 Å². The molecule has 4 rings (SSSR count). The predicted octanol–water partition coefficient (Wildman–Crippen LogP) is 3.57. The molecule has 2 heterocycles. The minimum atomic E-state index is -3.10. The molecule has 0 bridgehead atoms. The van der Waals surface area contributed by atoms with Gasteiger partial charge in [-0.2, -0.15) is 0 Å². The van der Waals surface area contributed by atoms with E-state index < -0.39 is 15.9 Å².